The van der Waals surface area contributed by atoms with Gasteiger partial charge in [-0.05, 0) is 24.3 Å². The second kappa shape index (κ2) is 5.99. The van der Waals surface area contributed by atoms with Crippen molar-refractivity contribution in [3.05, 3.63) is 46.6 Å². The van der Waals surface area contributed by atoms with Gasteiger partial charge in [0, 0.05) is 21.8 Å². The maximum Gasteiger partial charge on any atom is 0.213 e. The third-order valence-corrected chi connectivity index (χ3v) is 3.18. The lowest BCUT2D eigenvalue weighted by Crippen LogP contribution is -2.11. The SMILES string of the molecule is COc1ccc(Nc2cc(Br)ccc2C(N)=S)cn1. The third kappa shape index (κ3) is 3.42. The minimum Gasteiger partial charge on any atom is -0.481 e. The van der Waals surface area contributed by atoms with Crippen LogP contribution in [0.1, 0.15) is 5.56 Å². The number of nitrogens with two attached hydrogens (primary N) is 1. The van der Waals surface area contributed by atoms with E-state index in [2.05, 4.69) is 26.2 Å². The molecule has 0 unspecified atom stereocenters. The molecule has 0 aliphatic rings. The molecule has 1 aromatic carbocycles. The molecule has 1 heterocycles. The molecule has 0 fully saturated rings. The van der Waals surface area contributed by atoms with Crippen LogP contribution in [0.5, 0.6) is 5.88 Å². The number of nitrogens with zero attached hydrogens (tertiary/aromatic N) is 1. The fourth-order valence-electron chi connectivity index (χ4n) is 1.57. The molecule has 0 saturated carbocycles. The first-order valence-electron chi connectivity index (χ1n) is 5.46. The van der Waals surface area contributed by atoms with Crippen molar-refractivity contribution in [2.24, 2.45) is 5.73 Å². The van der Waals surface area contributed by atoms with Crippen molar-refractivity contribution in [3.8, 4) is 5.88 Å². The first-order chi connectivity index (χ1) is 9.10. The van der Waals surface area contributed by atoms with E-state index in [0.717, 1.165) is 21.4 Å². The zero-order valence-electron chi connectivity index (χ0n) is 10.2. The lowest BCUT2D eigenvalue weighted by atomic mass is 10.1. The number of halogens is 1. The number of methoxy groups -OCH3 is 1. The molecule has 3 N–H and O–H groups in total. The number of benzene rings is 1. The van der Waals surface area contributed by atoms with Crippen LogP contribution in [0.4, 0.5) is 11.4 Å². The van der Waals surface area contributed by atoms with E-state index in [9.17, 15) is 0 Å². The number of aromatic nitrogens is 1. The Hall–Kier alpha value is -1.66. The second-order valence-corrected chi connectivity index (χ2v) is 5.12. The summed E-state index contributed by atoms with van der Waals surface area (Å²) in [4.78, 5) is 4.47. The predicted octanol–water partition coefficient (Wildman–Crippen LogP) is 3.23. The summed E-state index contributed by atoms with van der Waals surface area (Å²) in [5.74, 6) is 0.564. The minimum absolute atomic E-state index is 0.344. The van der Waals surface area contributed by atoms with Gasteiger partial charge in [0.25, 0.3) is 0 Å². The highest BCUT2D eigenvalue weighted by Crippen LogP contribution is 2.25. The van der Waals surface area contributed by atoms with Crippen LogP contribution in [-0.4, -0.2) is 17.1 Å². The summed E-state index contributed by atoms with van der Waals surface area (Å²) in [6.07, 6.45) is 1.68. The van der Waals surface area contributed by atoms with Gasteiger partial charge in [-0.1, -0.05) is 28.1 Å². The number of hydrogen-bond donors (Lipinski definition) is 2. The van der Waals surface area contributed by atoms with Crippen LogP contribution < -0.4 is 15.8 Å². The Labute approximate surface area is 125 Å². The summed E-state index contributed by atoms with van der Waals surface area (Å²) in [5.41, 5.74) is 8.15. The number of hydrogen-bond acceptors (Lipinski definition) is 4. The molecule has 6 heteroatoms. The summed E-state index contributed by atoms with van der Waals surface area (Å²) < 4.78 is 5.95. The first-order valence-corrected chi connectivity index (χ1v) is 6.66. The van der Waals surface area contributed by atoms with Gasteiger partial charge >= 0.3 is 0 Å². The van der Waals surface area contributed by atoms with Crippen molar-refractivity contribution in [2.45, 2.75) is 0 Å². The molecular weight excluding hydrogens is 326 g/mol. The molecule has 0 spiro atoms. The van der Waals surface area contributed by atoms with Crippen molar-refractivity contribution in [1.29, 1.82) is 0 Å². The van der Waals surface area contributed by atoms with Gasteiger partial charge in [-0.3, -0.25) is 0 Å². The van der Waals surface area contributed by atoms with Crippen molar-refractivity contribution in [3.63, 3.8) is 0 Å². The van der Waals surface area contributed by atoms with Gasteiger partial charge in [0.1, 0.15) is 4.99 Å². The molecule has 0 atom stereocenters. The Morgan fingerprint density at radius 1 is 1.37 bits per heavy atom. The van der Waals surface area contributed by atoms with Gasteiger partial charge in [0.2, 0.25) is 5.88 Å². The fourth-order valence-corrected chi connectivity index (χ4v) is 2.10. The Morgan fingerprint density at radius 2 is 2.16 bits per heavy atom. The average Bonchev–Trinajstić information content (AvgIpc) is 2.39. The van der Waals surface area contributed by atoms with E-state index in [0.29, 0.717) is 10.9 Å². The largest absolute Gasteiger partial charge is 0.481 e. The summed E-state index contributed by atoms with van der Waals surface area (Å²) in [6, 6.07) is 9.33. The smallest absolute Gasteiger partial charge is 0.213 e. The molecular formula is C13H12BrN3OS. The lowest BCUT2D eigenvalue weighted by Gasteiger charge is -2.11. The molecule has 2 rings (SSSR count). The number of ether oxygens (including phenoxy) is 1. The molecule has 0 amide bonds. The summed E-state index contributed by atoms with van der Waals surface area (Å²) in [6.45, 7) is 0. The van der Waals surface area contributed by atoms with Crippen LogP contribution in [-0.2, 0) is 0 Å². The van der Waals surface area contributed by atoms with Gasteiger partial charge in [0.05, 0.1) is 19.0 Å². The maximum absolute atomic E-state index is 5.70. The standard InChI is InChI=1S/C13H12BrN3OS/c1-18-12-5-3-9(7-16-12)17-11-6-8(14)2-4-10(11)13(15)19/h2-7,17H,1H3,(H2,15,19). The molecule has 0 radical (unpaired) electrons. The quantitative estimate of drug-likeness (QED) is 0.838. The maximum atomic E-state index is 5.70. The monoisotopic (exact) mass is 337 g/mol. The number of rotatable bonds is 4. The van der Waals surface area contributed by atoms with E-state index in [1.54, 1.807) is 19.4 Å². The zero-order valence-corrected chi connectivity index (χ0v) is 12.6. The van der Waals surface area contributed by atoms with Crippen LogP contribution in [0.15, 0.2) is 41.0 Å². The van der Waals surface area contributed by atoms with E-state index in [4.69, 9.17) is 22.7 Å². The van der Waals surface area contributed by atoms with Crippen LogP contribution in [0.25, 0.3) is 0 Å². The Balaban J connectivity index is 2.31. The minimum atomic E-state index is 0.344. The number of nitrogens with one attached hydrogen (secondary N) is 1. The summed E-state index contributed by atoms with van der Waals surface area (Å²) >= 11 is 8.46. The summed E-state index contributed by atoms with van der Waals surface area (Å²) in [5, 5.41) is 3.23. The zero-order chi connectivity index (χ0) is 13.8. The summed E-state index contributed by atoms with van der Waals surface area (Å²) in [7, 11) is 1.58. The highest BCUT2D eigenvalue weighted by Gasteiger charge is 2.06. The Morgan fingerprint density at radius 3 is 2.74 bits per heavy atom. The van der Waals surface area contributed by atoms with Crippen molar-refractivity contribution < 1.29 is 4.74 Å². The van der Waals surface area contributed by atoms with Gasteiger partial charge in [0.15, 0.2) is 0 Å². The van der Waals surface area contributed by atoms with Crippen molar-refractivity contribution in [2.75, 3.05) is 12.4 Å². The topological polar surface area (TPSA) is 60.2 Å². The molecule has 4 nitrogen and oxygen atoms in total. The van der Waals surface area contributed by atoms with Crippen LogP contribution >= 0.6 is 28.1 Å². The normalized spacial score (nSPS) is 10.0. The van der Waals surface area contributed by atoms with Crippen molar-refractivity contribution in [1.82, 2.24) is 4.98 Å². The number of pyridine rings is 1. The molecule has 0 aliphatic carbocycles. The van der Waals surface area contributed by atoms with Crippen molar-refractivity contribution >= 4 is 44.5 Å². The van der Waals surface area contributed by atoms with Gasteiger partial charge in [-0.2, -0.15) is 0 Å². The highest BCUT2D eigenvalue weighted by molar-refractivity contribution is 9.10. The fraction of sp³-hybridized carbons (Fsp3) is 0.0769. The van der Waals surface area contributed by atoms with Crippen LogP contribution in [0, 0.1) is 0 Å². The molecule has 2 aromatic rings. The Kier molecular flexibility index (Phi) is 4.34. The molecule has 98 valence electrons. The van der Waals surface area contributed by atoms with Gasteiger partial charge in [-0.15, -0.1) is 0 Å². The van der Waals surface area contributed by atoms with Crippen LogP contribution in [0.3, 0.4) is 0 Å². The lowest BCUT2D eigenvalue weighted by molar-refractivity contribution is 0.398. The van der Waals surface area contributed by atoms with Gasteiger partial charge < -0.3 is 15.8 Å². The molecule has 0 saturated heterocycles. The molecule has 0 aliphatic heterocycles. The number of thiocarbonyl (C=S) groups is 1. The van der Waals surface area contributed by atoms with E-state index in [1.165, 1.54) is 0 Å². The van der Waals surface area contributed by atoms with E-state index < -0.39 is 0 Å². The third-order valence-electron chi connectivity index (χ3n) is 2.47. The van der Waals surface area contributed by atoms with Crippen LogP contribution in [0.2, 0.25) is 0 Å². The van der Waals surface area contributed by atoms with E-state index in [-0.39, 0.29) is 0 Å². The predicted molar refractivity (Wildman–Crippen MR) is 84.1 cm³/mol. The molecule has 19 heavy (non-hydrogen) atoms. The van der Waals surface area contributed by atoms with E-state index >= 15 is 0 Å². The highest BCUT2D eigenvalue weighted by atomic mass is 79.9. The molecule has 1 aromatic heterocycles. The van der Waals surface area contributed by atoms with E-state index in [1.807, 2.05) is 24.3 Å². The van der Waals surface area contributed by atoms with Gasteiger partial charge in [-0.25, -0.2) is 4.98 Å². The number of anilines is 2. The average molecular weight is 338 g/mol. The second-order valence-electron chi connectivity index (χ2n) is 3.77. The first kappa shape index (κ1) is 13.8. The molecule has 0 bridgehead atoms. The Bertz CT molecular complexity index is 601.